The van der Waals surface area contributed by atoms with E-state index in [4.69, 9.17) is 4.74 Å². The van der Waals surface area contributed by atoms with Crippen molar-refractivity contribution in [3.8, 4) is 5.82 Å². The largest absolute Gasteiger partial charge is 0.368 e. The Labute approximate surface area is 140 Å². The minimum absolute atomic E-state index is 0.128. The van der Waals surface area contributed by atoms with Gasteiger partial charge in [0.15, 0.2) is 5.82 Å². The minimum atomic E-state index is -0.237. The zero-order chi connectivity index (χ0) is 16.4. The van der Waals surface area contributed by atoms with E-state index < -0.39 is 0 Å². The molecule has 0 saturated carbocycles. The fourth-order valence-electron chi connectivity index (χ4n) is 3.14. The van der Waals surface area contributed by atoms with Crippen molar-refractivity contribution in [2.75, 3.05) is 37.7 Å². The second-order valence-corrected chi connectivity index (χ2v) is 6.00. The highest BCUT2D eigenvalue weighted by Crippen LogP contribution is 2.18. The highest BCUT2D eigenvalue weighted by Gasteiger charge is 2.30. The van der Waals surface area contributed by atoms with E-state index in [-0.39, 0.29) is 12.0 Å². The van der Waals surface area contributed by atoms with Crippen LogP contribution in [0.5, 0.6) is 0 Å². The molecular formula is C16H20N6O2. The molecule has 4 rings (SSSR count). The summed E-state index contributed by atoms with van der Waals surface area (Å²) in [5, 5.41) is 4.18. The molecule has 0 aliphatic carbocycles. The van der Waals surface area contributed by atoms with Crippen LogP contribution in [0.15, 0.2) is 30.9 Å². The Morgan fingerprint density at radius 2 is 2.00 bits per heavy atom. The lowest BCUT2D eigenvalue weighted by Crippen LogP contribution is -2.51. The van der Waals surface area contributed by atoms with Crippen molar-refractivity contribution >= 4 is 11.7 Å². The molecule has 0 unspecified atom stereocenters. The Hall–Kier alpha value is -2.48. The minimum Gasteiger partial charge on any atom is -0.368 e. The van der Waals surface area contributed by atoms with Crippen LogP contribution in [0, 0.1) is 0 Å². The molecule has 2 aromatic heterocycles. The molecule has 2 aliphatic rings. The van der Waals surface area contributed by atoms with Gasteiger partial charge in [0.05, 0.1) is 12.4 Å². The van der Waals surface area contributed by atoms with E-state index in [0.29, 0.717) is 25.5 Å². The van der Waals surface area contributed by atoms with E-state index in [1.54, 1.807) is 23.3 Å². The summed E-state index contributed by atoms with van der Waals surface area (Å²) in [6.45, 7) is 3.57. The number of carbonyl (C=O) groups is 1. The van der Waals surface area contributed by atoms with Gasteiger partial charge in [-0.2, -0.15) is 5.10 Å². The highest BCUT2D eigenvalue weighted by molar-refractivity contribution is 5.81. The van der Waals surface area contributed by atoms with E-state index >= 15 is 0 Å². The third-order valence-corrected chi connectivity index (χ3v) is 4.47. The van der Waals surface area contributed by atoms with Crippen molar-refractivity contribution in [1.82, 2.24) is 24.6 Å². The molecule has 8 heteroatoms. The van der Waals surface area contributed by atoms with Crippen molar-refractivity contribution < 1.29 is 9.53 Å². The molecule has 4 heterocycles. The zero-order valence-corrected chi connectivity index (χ0v) is 13.4. The summed E-state index contributed by atoms with van der Waals surface area (Å²) in [5.41, 5.74) is 0. The molecule has 2 saturated heterocycles. The van der Waals surface area contributed by atoms with Gasteiger partial charge < -0.3 is 14.5 Å². The Balaban J connectivity index is 1.41. The van der Waals surface area contributed by atoms with Gasteiger partial charge in [-0.05, 0) is 18.9 Å². The third kappa shape index (κ3) is 2.96. The molecule has 1 amide bonds. The van der Waals surface area contributed by atoms with E-state index in [9.17, 15) is 4.79 Å². The molecule has 8 nitrogen and oxygen atoms in total. The first kappa shape index (κ1) is 15.1. The lowest BCUT2D eigenvalue weighted by Gasteiger charge is -2.36. The first-order valence-corrected chi connectivity index (χ1v) is 8.29. The molecule has 2 aromatic rings. The lowest BCUT2D eigenvalue weighted by atomic mass is 10.2. The van der Waals surface area contributed by atoms with Gasteiger partial charge in [-0.3, -0.25) is 9.78 Å². The summed E-state index contributed by atoms with van der Waals surface area (Å²) in [6.07, 6.45) is 8.58. The molecule has 0 bridgehead atoms. The maximum Gasteiger partial charge on any atom is 0.251 e. The van der Waals surface area contributed by atoms with Crippen LogP contribution in [0.4, 0.5) is 5.82 Å². The van der Waals surface area contributed by atoms with Crippen LogP contribution in [-0.2, 0) is 9.53 Å². The van der Waals surface area contributed by atoms with Gasteiger partial charge in [-0.1, -0.05) is 0 Å². The van der Waals surface area contributed by atoms with Gasteiger partial charge in [0.2, 0.25) is 0 Å². The number of ether oxygens (including phenoxy) is 1. The Morgan fingerprint density at radius 3 is 2.71 bits per heavy atom. The number of anilines is 1. The van der Waals surface area contributed by atoms with Crippen LogP contribution in [-0.4, -0.2) is 69.4 Å². The Morgan fingerprint density at radius 1 is 1.17 bits per heavy atom. The summed E-state index contributed by atoms with van der Waals surface area (Å²) in [5.74, 6) is 1.63. The van der Waals surface area contributed by atoms with Gasteiger partial charge >= 0.3 is 0 Å². The van der Waals surface area contributed by atoms with Crippen molar-refractivity contribution in [2.24, 2.45) is 0 Å². The van der Waals surface area contributed by atoms with E-state index in [1.165, 1.54) is 0 Å². The maximum absolute atomic E-state index is 12.4. The Kier molecular flexibility index (Phi) is 4.12. The first-order valence-electron chi connectivity index (χ1n) is 8.29. The molecule has 1 atom stereocenters. The smallest absolute Gasteiger partial charge is 0.251 e. The predicted octanol–water partition coefficient (Wildman–Crippen LogP) is 0.490. The second kappa shape index (κ2) is 6.56. The maximum atomic E-state index is 12.4. The molecule has 0 aromatic carbocycles. The molecule has 0 radical (unpaired) electrons. The number of aromatic nitrogens is 4. The summed E-state index contributed by atoms with van der Waals surface area (Å²) in [6, 6.07) is 1.85. The molecule has 2 fully saturated rings. The number of nitrogens with zero attached hydrogens (tertiary/aromatic N) is 6. The van der Waals surface area contributed by atoms with Crippen molar-refractivity contribution in [1.29, 1.82) is 0 Å². The van der Waals surface area contributed by atoms with Crippen LogP contribution in [0.2, 0.25) is 0 Å². The van der Waals surface area contributed by atoms with Crippen LogP contribution < -0.4 is 4.90 Å². The average molecular weight is 328 g/mol. The molecule has 2 aliphatic heterocycles. The van der Waals surface area contributed by atoms with Gasteiger partial charge in [-0.15, -0.1) is 0 Å². The molecule has 0 spiro atoms. The van der Waals surface area contributed by atoms with Gasteiger partial charge in [0, 0.05) is 45.2 Å². The normalized spacial score (nSPS) is 21.2. The third-order valence-electron chi connectivity index (χ3n) is 4.47. The second-order valence-electron chi connectivity index (χ2n) is 6.00. The highest BCUT2D eigenvalue weighted by atomic mass is 16.5. The van der Waals surface area contributed by atoms with Gasteiger partial charge in [0.25, 0.3) is 5.91 Å². The quantitative estimate of drug-likeness (QED) is 0.816. The summed E-state index contributed by atoms with van der Waals surface area (Å²) in [4.78, 5) is 25.3. The van der Waals surface area contributed by atoms with Gasteiger partial charge in [0.1, 0.15) is 11.9 Å². The SMILES string of the molecule is O=C([C@H]1CCCO1)N1CCN(c2cncc(-n3cccn3)n2)CC1. The number of rotatable bonds is 3. The number of hydrogen-bond acceptors (Lipinski definition) is 6. The van der Waals surface area contributed by atoms with Crippen LogP contribution in [0.3, 0.4) is 0 Å². The first-order chi connectivity index (χ1) is 11.8. The van der Waals surface area contributed by atoms with E-state index in [0.717, 1.165) is 31.7 Å². The molecule has 126 valence electrons. The topological polar surface area (TPSA) is 76.4 Å². The lowest BCUT2D eigenvalue weighted by molar-refractivity contribution is -0.141. The van der Waals surface area contributed by atoms with E-state index in [2.05, 4.69) is 20.0 Å². The monoisotopic (exact) mass is 328 g/mol. The summed E-state index contributed by atoms with van der Waals surface area (Å²) >= 11 is 0. The molecular weight excluding hydrogens is 308 g/mol. The standard InChI is InChI=1S/C16H20N6O2/c23-16(13-3-1-10-24-13)21-8-6-20(7-9-21)14-11-17-12-15(19-14)22-5-2-4-18-22/h2,4-5,11-13H,1,3,6-10H2/t13-/m1/s1. The van der Waals surface area contributed by atoms with Crippen LogP contribution in [0.25, 0.3) is 5.82 Å². The number of amides is 1. The zero-order valence-electron chi connectivity index (χ0n) is 13.4. The number of piperazine rings is 1. The molecule has 0 N–H and O–H groups in total. The van der Waals surface area contributed by atoms with Crippen molar-refractivity contribution in [3.05, 3.63) is 30.9 Å². The number of hydrogen-bond donors (Lipinski definition) is 0. The predicted molar refractivity (Wildman–Crippen MR) is 86.9 cm³/mol. The fourth-order valence-corrected chi connectivity index (χ4v) is 3.14. The van der Waals surface area contributed by atoms with Crippen LogP contribution >= 0.6 is 0 Å². The van der Waals surface area contributed by atoms with Crippen LogP contribution in [0.1, 0.15) is 12.8 Å². The average Bonchev–Trinajstić information content (AvgIpc) is 3.35. The number of carbonyl (C=O) groups excluding carboxylic acids is 1. The fraction of sp³-hybridized carbons (Fsp3) is 0.500. The van der Waals surface area contributed by atoms with Crippen molar-refractivity contribution in [3.63, 3.8) is 0 Å². The molecule has 24 heavy (non-hydrogen) atoms. The Bertz CT molecular complexity index is 690. The summed E-state index contributed by atoms with van der Waals surface area (Å²) < 4.78 is 7.19. The summed E-state index contributed by atoms with van der Waals surface area (Å²) in [7, 11) is 0. The van der Waals surface area contributed by atoms with Crippen molar-refractivity contribution in [2.45, 2.75) is 18.9 Å². The van der Waals surface area contributed by atoms with Gasteiger partial charge in [-0.25, -0.2) is 9.67 Å². The van der Waals surface area contributed by atoms with E-state index in [1.807, 2.05) is 17.2 Å².